The Hall–Kier alpha value is -1.61. The molecule has 3 rings (SSSR count). The van der Waals surface area contributed by atoms with Gasteiger partial charge in [0, 0.05) is 25.0 Å². The first kappa shape index (κ1) is 21.1. The Labute approximate surface area is 163 Å². The lowest BCUT2D eigenvalue weighted by Crippen LogP contribution is -2.39. The van der Waals surface area contributed by atoms with Gasteiger partial charge in [0.25, 0.3) is 0 Å². The van der Waals surface area contributed by atoms with Crippen LogP contribution < -0.4 is 4.72 Å². The summed E-state index contributed by atoms with van der Waals surface area (Å²) < 4.78 is 66.2. The van der Waals surface area contributed by atoms with Crippen molar-refractivity contribution in [1.82, 2.24) is 9.62 Å². The van der Waals surface area contributed by atoms with Crippen molar-refractivity contribution < 1.29 is 26.4 Å². The van der Waals surface area contributed by atoms with E-state index in [1.54, 1.807) is 0 Å². The molecule has 5 nitrogen and oxygen atoms in total. The van der Waals surface area contributed by atoms with Crippen molar-refractivity contribution in [3.63, 3.8) is 0 Å². The van der Waals surface area contributed by atoms with E-state index in [0.717, 1.165) is 24.6 Å². The Morgan fingerprint density at radius 3 is 2.57 bits per heavy atom. The third-order valence-corrected chi connectivity index (χ3v) is 7.40. The second-order valence-electron chi connectivity index (χ2n) is 8.08. The first-order valence-corrected chi connectivity index (χ1v) is 10.9. The molecule has 1 aromatic carbocycles. The van der Waals surface area contributed by atoms with Gasteiger partial charge in [-0.25, -0.2) is 13.1 Å². The third kappa shape index (κ3) is 3.91. The summed E-state index contributed by atoms with van der Waals surface area (Å²) in [7, 11) is -4.07. The normalized spacial score (nSPS) is 28.2. The molecule has 1 saturated heterocycles. The topological polar surface area (TPSA) is 66.5 Å². The minimum atomic E-state index is -4.61. The molecule has 0 unspecified atom stereocenters. The lowest BCUT2D eigenvalue weighted by molar-refractivity contribution is -0.137. The van der Waals surface area contributed by atoms with Crippen LogP contribution in [-0.4, -0.2) is 37.9 Å². The van der Waals surface area contributed by atoms with Gasteiger partial charge >= 0.3 is 6.18 Å². The van der Waals surface area contributed by atoms with E-state index >= 15 is 0 Å². The lowest BCUT2D eigenvalue weighted by atomic mass is 9.89. The number of alkyl halides is 3. The largest absolute Gasteiger partial charge is 0.416 e. The maximum atomic E-state index is 12.9. The number of hydrogen-bond donors (Lipinski definition) is 1. The summed E-state index contributed by atoms with van der Waals surface area (Å²) in [5.41, 5.74) is -1.00. The van der Waals surface area contributed by atoms with Gasteiger partial charge < -0.3 is 4.90 Å². The molecule has 1 N–H and O–H groups in total. The monoisotopic (exact) mass is 418 g/mol. The summed E-state index contributed by atoms with van der Waals surface area (Å²) in [6.07, 6.45) is -3.41. The number of rotatable bonds is 5. The molecule has 2 fully saturated rings. The molecule has 2 aliphatic rings. The number of halogens is 3. The van der Waals surface area contributed by atoms with Gasteiger partial charge in [-0.3, -0.25) is 4.79 Å². The Balaban J connectivity index is 1.74. The smallest absolute Gasteiger partial charge is 0.337 e. The fraction of sp³-hybridized carbons (Fsp3) is 0.632. The van der Waals surface area contributed by atoms with Crippen molar-refractivity contribution in [3.05, 3.63) is 29.8 Å². The molecule has 1 aliphatic heterocycles. The maximum absolute atomic E-state index is 12.9. The molecule has 0 bridgehead atoms. The molecular weight excluding hydrogens is 393 g/mol. The second kappa shape index (κ2) is 7.33. The average Bonchev–Trinajstić information content (AvgIpc) is 3.05. The number of hydrogen-bond acceptors (Lipinski definition) is 3. The highest BCUT2D eigenvalue weighted by atomic mass is 32.2. The number of benzene rings is 1. The van der Waals surface area contributed by atoms with E-state index in [4.69, 9.17) is 0 Å². The quantitative estimate of drug-likeness (QED) is 0.798. The van der Waals surface area contributed by atoms with E-state index < -0.39 is 26.7 Å². The third-order valence-electron chi connectivity index (χ3n) is 5.98. The van der Waals surface area contributed by atoms with Crippen molar-refractivity contribution in [1.29, 1.82) is 0 Å². The number of nitrogens with one attached hydrogen (secondary N) is 1. The molecule has 9 heteroatoms. The minimum absolute atomic E-state index is 0.0294. The first-order chi connectivity index (χ1) is 12.9. The van der Waals surface area contributed by atoms with Gasteiger partial charge in [0.2, 0.25) is 15.9 Å². The van der Waals surface area contributed by atoms with Gasteiger partial charge in [0.05, 0.1) is 10.5 Å². The van der Waals surface area contributed by atoms with Gasteiger partial charge in [-0.1, -0.05) is 13.0 Å². The minimum Gasteiger partial charge on any atom is -0.337 e. The van der Waals surface area contributed by atoms with Crippen molar-refractivity contribution >= 4 is 15.9 Å². The van der Waals surface area contributed by atoms with Gasteiger partial charge in [0.1, 0.15) is 0 Å². The summed E-state index contributed by atoms with van der Waals surface area (Å²) in [5, 5.41) is 0. The molecule has 0 radical (unpaired) electrons. The lowest BCUT2D eigenvalue weighted by Gasteiger charge is -2.28. The zero-order valence-electron chi connectivity index (χ0n) is 16.0. The van der Waals surface area contributed by atoms with E-state index in [1.165, 1.54) is 0 Å². The molecular formula is C19H25F3N2O3S. The summed E-state index contributed by atoms with van der Waals surface area (Å²) in [5.74, 6) is 0.337. The van der Waals surface area contributed by atoms with Crippen LogP contribution in [0.2, 0.25) is 0 Å². The average molecular weight is 418 g/mol. The van der Waals surface area contributed by atoms with E-state index in [0.29, 0.717) is 12.5 Å². The molecule has 0 spiro atoms. The molecule has 1 aliphatic carbocycles. The molecule has 28 heavy (non-hydrogen) atoms. The van der Waals surface area contributed by atoms with E-state index in [9.17, 15) is 26.4 Å². The standard InChI is InChI=1S/C19H25F3N2O3S/c1-11(2)24-17-7-12(3)16(15(17)9-18(24)25)10-23-28(26,27)14-6-4-5-13(8-14)19(20,21)22/h4-6,8,11-12,15-17,23H,7,9-10H2,1-3H3/t12-,15-,16+,17+/m0/s1. The highest BCUT2D eigenvalue weighted by Gasteiger charge is 2.51. The second-order valence-corrected chi connectivity index (χ2v) is 9.85. The Morgan fingerprint density at radius 1 is 1.29 bits per heavy atom. The van der Waals surface area contributed by atoms with E-state index in [1.807, 2.05) is 25.7 Å². The fourth-order valence-electron chi connectivity index (χ4n) is 4.69. The molecule has 1 amide bonds. The summed E-state index contributed by atoms with van der Waals surface area (Å²) in [4.78, 5) is 13.8. The number of fused-ring (bicyclic) bond motifs is 1. The number of sulfonamides is 1. The highest BCUT2D eigenvalue weighted by Crippen LogP contribution is 2.46. The van der Waals surface area contributed by atoms with Gasteiger partial charge in [-0.15, -0.1) is 0 Å². The van der Waals surface area contributed by atoms with Crippen LogP contribution in [0.3, 0.4) is 0 Å². The molecule has 1 aromatic rings. The van der Waals surface area contributed by atoms with Gasteiger partial charge in [0.15, 0.2) is 0 Å². The van der Waals surface area contributed by atoms with Crippen molar-refractivity contribution in [3.8, 4) is 0 Å². The van der Waals surface area contributed by atoms with Gasteiger partial charge in [-0.2, -0.15) is 13.2 Å². The molecule has 1 saturated carbocycles. The fourth-order valence-corrected chi connectivity index (χ4v) is 5.81. The Bertz CT molecular complexity index is 854. The summed E-state index contributed by atoms with van der Waals surface area (Å²) >= 11 is 0. The van der Waals surface area contributed by atoms with Gasteiger partial charge in [-0.05, 0) is 56.2 Å². The number of carbonyl (C=O) groups excluding carboxylic acids is 1. The number of likely N-dealkylation sites (tertiary alicyclic amines) is 1. The van der Waals surface area contributed by atoms with Crippen LogP contribution >= 0.6 is 0 Å². The first-order valence-electron chi connectivity index (χ1n) is 9.40. The number of amides is 1. The molecule has 4 atom stereocenters. The van der Waals surface area contributed by atoms with Crippen molar-refractivity contribution in [2.75, 3.05) is 6.54 Å². The number of nitrogens with zero attached hydrogens (tertiary/aromatic N) is 1. The van der Waals surface area contributed by atoms with Crippen molar-refractivity contribution in [2.45, 2.75) is 56.8 Å². The van der Waals surface area contributed by atoms with Crippen LogP contribution in [0.1, 0.15) is 39.2 Å². The summed E-state index contributed by atoms with van der Waals surface area (Å²) in [6.45, 7) is 6.08. The van der Waals surface area contributed by atoms with E-state index in [2.05, 4.69) is 4.72 Å². The van der Waals surface area contributed by atoms with Crippen LogP contribution in [0, 0.1) is 17.8 Å². The predicted molar refractivity (Wildman–Crippen MR) is 97.8 cm³/mol. The van der Waals surface area contributed by atoms with Crippen LogP contribution in [0.15, 0.2) is 29.2 Å². The zero-order valence-corrected chi connectivity index (χ0v) is 16.8. The Morgan fingerprint density at radius 2 is 1.96 bits per heavy atom. The SMILES string of the molecule is CC(C)N1C(=O)C[C@H]2[C@H](CNS(=O)(=O)c3cccc(C(F)(F)F)c3)[C@@H](C)C[C@H]21. The predicted octanol–water partition coefficient (Wildman–Crippen LogP) is 3.27. The molecule has 156 valence electrons. The maximum Gasteiger partial charge on any atom is 0.416 e. The zero-order chi connectivity index (χ0) is 20.9. The van der Waals surface area contributed by atoms with Crippen LogP contribution in [0.5, 0.6) is 0 Å². The Kier molecular flexibility index (Phi) is 5.53. The number of carbonyl (C=O) groups is 1. The molecule has 1 heterocycles. The highest BCUT2D eigenvalue weighted by molar-refractivity contribution is 7.89. The van der Waals surface area contributed by atoms with Crippen LogP contribution in [0.25, 0.3) is 0 Å². The van der Waals surface area contributed by atoms with E-state index in [-0.39, 0.29) is 42.3 Å². The van der Waals surface area contributed by atoms with Crippen molar-refractivity contribution in [2.24, 2.45) is 17.8 Å². The van der Waals surface area contributed by atoms with Crippen LogP contribution in [-0.2, 0) is 21.0 Å². The molecule has 0 aromatic heterocycles. The summed E-state index contributed by atoms with van der Waals surface area (Å²) in [6, 6.07) is 3.91. The van der Waals surface area contributed by atoms with Crippen LogP contribution in [0.4, 0.5) is 13.2 Å².